The lowest BCUT2D eigenvalue weighted by Gasteiger charge is -2.34. The Hall–Kier alpha value is -2.93. The topological polar surface area (TPSA) is 192 Å². The van der Waals surface area contributed by atoms with Gasteiger partial charge in [-0.05, 0) is 25.0 Å². The van der Waals surface area contributed by atoms with E-state index in [1.807, 2.05) is 0 Å². The van der Waals surface area contributed by atoms with Crippen LogP contribution < -0.4 is 10.2 Å². The fourth-order valence-corrected chi connectivity index (χ4v) is 4.36. The number of carbonyl (C=O) groups is 5. The summed E-state index contributed by atoms with van der Waals surface area (Å²) in [6.45, 7) is 2.05. The fourth-order valence-electron chi connectivity index (χ4n) is 4.36. The van der Waals surface area contributed by atoms with Gasteiger partial charge >= 0.3 is 5.97 Å². The number of quaternary nitrogens is 2. The fraction of sp³-hybridized carbons (Fsp3) is 0.700. The van der Waals surface area contributed by atoms with E-state index in [4.69, 9.17) is 5.11 Å². The lowest BCUT2D eigenvalue weighted by atomic mass is 9.92. The van der Waals surface area contributed by atoms with E-state index < -0.39 is 53.5 Å². The molecule has 0 aromatic heterocycles. The highest BCUT2D eigenvalue weighted by molar-refractivity contribution is 6.02. The maximum atomic E-state index is 12.2. The summed E-state index contributed by atoms with van der Waals surface area (Å²) in [6, 6.07) is 0. The van der Waals surface area contributed by atoms with Gasteiger partial charge in [-0.25, -0.2) is 4.79 Å². The van der Waals surface area contributed by atoms with Crippen molar-refractivity contribution in [3.05, 3.63) is 24.3 Å². The number of hydrogen-bond donors (Lipinski definition) is 3. The van der Waals surface area contributed by atoms with Gasteiger partial charge in [0, 0.05) is 30.9 Å². The van der Waals surface area contributed by atoms with Crippen molar-refractivity contribution in [2.45, 2.75) is 82.3 Å². The van der Waals surface area contributed by atoms with Gasteiger partial charge in [0.2, 0.25) is 0 Å². The van der Waals surface area contributed by atoms with Crippen LogP contribution >= 0.6 is 0 Å². The Bertz CT molecular complexity index is 947. The van der Waals surface area contributed by atoms with E-state index in [1.165, 1.54) is 38.2 Å². The van der Waals surface area contributed by atoms with Gasteiger partial charge in [-0.1, -0.05) is 51.5 Å². The van der Waals surface area contributed by atoms with E-state index in [9.17, 15) is 44.4 Å². The third-order valence-electron chi connectivity index (χ3n) is 5.88. The second-order valence-electron chi connectivity index (χ2n) is 12.8. The second kappa shape index (κ2) is 19.3. The minimum atomic E-state index is -2.18. The molecule has 0 rings (SSSR count). The van der Waals surface area contributed by atoms with E-state index in [2.05, 4.69) is 6.92 Å². The van der Waals surface area contributed by atoms with E-state index >= 15 is 0 Å². The molecule has 2 atom stereocenters. The zero-order chi connectivity index (χ0) is 33.2. The van der Waals surface area contributed by atoms with Gasteiger partial charge in [-0.15, -0.1) is 0 Å². The summed E-state index contributed by atoms with van der Waals surface area (Å²) in [6.07, 6.45) is 11.9. The first kappa shape index (κ1) is 41.2. The molecule has 3 N–H and O–H groups in total. The van der Waals surface area contributed by atoms with E-state index in [-0.39, 0.29) is 17.6 Å². The van der Waals surface area contributed by atoms with Crippen molar-refractivity contribution >= 4 is 29.5 Å². The van der Waals surface area contributed by atoms with Crippen LogP contribution in [0.15, 0.2) is 24.3 Å². The second-order valence-corrected chi connectivity index (χ2v) is 12.8. The first-order chi connectivity index (χ1) is 19.1. The Morgan fingerprint density at radius 1 is 0.643 bits per heavy atom. The Morgan fingerprint density at radius 3 is 1.38 bits per heavy atom. The lowest BCUT2D eigenvalue weighted by Crippen LogP contribution is -2.55. The molecule has 0 saturated carbocycles. The van der Waals surface area contributed by atoms with Crippen molar-refractivity contribution in [3.63, 3.8) is 0 Å². The zero-order valence-corrected chi connectivity index (χ0v) is 26.4. The van der Waals surface area contributed by atoms with Crippen LogP contribution in [0.3, 0.4) is 0 Å². The molecule has 0 bridgehead atoms. The lowest BCUT2D eigenvalue weighted by molar-refractivity contribution is -0.875. The number of ketones is 2. The number of aliphatic hydroxyl groups is 2. The molecule has 0 aromatic carbocycles. The number of carboxylic acid groups (broad SMARTS) is 3. The molecule has 2 unspecified atom stereocenters. The molecule has 0 heterocycles. The third kappa shape index (κ3) is 21.8. The number of carboxylic acids is 3. The highest BCUT2D eigenvalue weighted by Crippen LogP contribution is 2.18. The molecular weight excluding hydrogens is 548 g/mol. The SMILES string of the molecule is CCCCCCCCCC=CC(=O)C(O)(CC(=O)[O-])C[N+](C)(C)C.C[N+](C)(C)CC(O)(CC(=O)[O-])C(=O)/C=C/C(=O)O. The molecule has 0 aromatic rings. The number of allylic oxidation sites excluding steroid dienone is 1. The summed E-state index contributed by atoms with van der Waals surface area (Å²) in [5.41, 5.74) is -4.09. The van der Waals surface area contributed by atoms with Crippen LogP contribution in [0.4, 0.5) is 0 Å². The molecule has 0 radical (unpaired) electrons. The Kier molecular flexibility index (Phi) is 18.9. The van der Waals surface area contributed by atoms with Crippen LogP contribution in [-0.2, 0) is 24.0 Å². The minimum absolute atomic E-state index is 0.0293. The van der Waals surface area contributed by atoms with Crippen LogP contribution in [0.2, 0.25) is 0 Å². The van der Waals surface area contributed by atoms with Crippen molar-refractivity contribution in [3.8, 4) is 0 Å². The monoisotopic (exact) mass is 600 g/mol. The highest BCUT2D eigenvalue weighted by atomic mass is 16.4. The predicted molar refractivity (Wildman–Crippen MR) is 153 cm³/mol. The standard InChI is InChI=1S/C19H35NO4.C11H17NO6/c1-5-6-7-8-9-10-11-12-13-14-17(21)19(24,15-18(22)23)16-20(2,3)4;1-12(2,3)7-11(18,6-10(16)17)8(13)4-5-9(14)15/h13-14,24H,5-12,15-16H2,1-4H3;4-5,18H,6-7H2,1-3H3,(H-,14,15,16,17)/b;5-4+. The Labute approximate surface area is 250 Å². The van der Waals surface area contributed by atoms with Crippen LogP contribution in [0.1, 0.15) is 71.1 Å². The number of likely N-dealkylation sites (N-methyl/N-ethyl adjacent to an activating group) is 2. The summed E-state index contributed by atoms with van der Waals surface area (Å²) >= 11 is 0. The van der Waals surface area contributed by atoms with Gasteiger partial charge < -0.3 is 44.1 Å². The molecule has 0 fully saturated rings. The molecule has 0 amide bonds. The van der Waals surface area contributed by atoms with E-state index in [0.29, 0.717) is 16.6 Å². The molecule has 0 saturated heterocycles. The van der Waals surface area contributed by atoms with Crippen LogP contribution in [-0.4, -0.2) is 120 Å². The van der Waals surface area contributed by atoms with Crippen LogP contribution in [0, 0.1) is 0 Å². The quantitative estimate of drug-likeness (QED) is 0.0887. The highest BCUT2D eigenvalue weighted by Gasteiger charge is 2.40. The normalized spacial score (nSPS) is 15.0. The Morgan fingerprint density at radius 2 is 1.02 bits per heavy atom. The van der Waals surface area contributed by atoms with Crippen molar-refractivity contribution in [2.24, 2.45) is 0 Å². The predicted octanol–water partition coefficient (Wildman–Crippen LogP) is -0.397. The largest absolute Gasteiger partial charge is 0.550 e. The number of carbonyl (C=O) groups excluding carboxylic acids is 4. The first-order valence-corrected chi connectivity index (χ1v) is 14.2. The number of nitrogens with zero attached hydrogens (tertiary/aromatic N) is 2. The molecule has 12 heteroatoms. The number of hydrogen-bond acceptors (Lipinski definition) is 9. The average molecular weight is 601 g/mol. The van der Waals surface area contributed by atoms with Crippen molar-refractivity contribution in [1.82, 2.24) is 0 Å². The Balaban J connectivity index is 0. The van der Waals surface area contributed by atoms with Gasteiger partial charge in [0.25, 0.3) is 0 Å². The van der Waals surface area contributed by atoms with Gasteiger partial charge in [0.1, 0.15) is 13.1 Å². The molecule has 0 aliphatic heterocycles. The number of aliphatic carboxylic acids is 3. The smallest absolute Gasteiger partial charge is 0.328 e. The van der Waals surface area contributed by atoms with Crippen LogP contribution in [0.5, 0.6) is 0 Å². The summed E-state index contributed by atoms with van der Waals surface area (Å²) in [7, 11) is 10.4. The summed E-state index contributed by atoms with van der Waals surface area (Å²) in [5, 5.41) is 50.4. The molecule has 12 nitrogen and oxygen atoms in total. The summed E-state index contributed by atoms with van der Waals surface area (Å²) in [4.78, 5) is 55.7. The maximum absolute atomic E-state index is 12.2. The molecule has 0 aliphatic rings. The first-order valence-electron chi connectivity index (χ1n) is 14.2. The van der Waals surface area contributed by atoms with Gasteiger partial charge in [0.15, 0.2) is 22.8 Å². The molecule has 0 spiro atoms. The van der Waals surface area contributed by atoms with Crippen LogP contribution in [0.25, 0.3) is 0 Å². The minimum Gasteiger partial charge on any atom is -0.550 e. The van der Waals surface area contributed by atoms with Crippen molar-refractivity contribution in [2.75, 3.05) is 55.4 Å². The maximum Gasteiger partial charge on any atom is 0.328 e. The molecule has 0 aliphatic carbocycles. The number of unbranched alkanes of at least 4 members (excludes halogenated alkanes) is 7. The third-order valence-corrected chi connectivity index (χ3v) is 5.88. The van der Waals surface area contributed by atoms with E-state index in [0.717, 1.165) is 19.3 Å². The van der Waals surface area contributed by atoms with Gasteiger partial charge in [-0.3, -0.25) is 9.59 Å². The van der Waals surface area contributed by atoms with E-state index in [1.54, 1.807) is 48.4 Å². The molecule has 42 heavy (non-hydrogen) atoms. The van der Waals surface area contributed by atoms with Crippen molar-refractivity contribution < 1.29 is 58.5 Å². The van der Waals surface area contributed by atoms with Gasteiger partial charge in [0.05, 0.1) is 42.3 Å². The molecule has 242 valence electrons. The van der Waals surface area contributed by atoms with Gasteiger partial charge in [-0.2, -0.15) is 0 Å². The number of rotatable bonds is 21. The van der Waals surface area contributed by atoms with Crippen molar-refractivity contribution in [1.29, 1.82) is 0 Å². The summed E-state index contributed by atoms with van der Waals surface area (Å²) in [5.74, 6) is -5.88. The zero-order valence-electron chi connectivity index (χ0n) is 26.4. The average Bonchev–Trinajstić information content (AvgIpc) is 2.78. The molecular formula is C30H52N2O10. The summed E-state index contributed by atoms with van der Waals surface area (Å²) < 4.78 is 0.428.